The predicted molar refractivity (Wildman–Crippen MR) is 45.8 cm³/mol. The second-order valence-electron chi connectivity index (χ2n) is 3.28. The van der Waals surface area contributed by atoms with Crippen LogP contribution < -0.4 is 0 Å². The van der Waals surface area contributed by atoms with Gasteiger partial charge in [0.05, 0.1) is 6.92 Å². The first kappa shape index (κ1) is 8.31. The minimum absolute atomic E-state index is 0.491. The summed E-state index contributed by atoms with van der Waals surface area (Å²) in [5.41, 5.74) is 1.28. The van der Waals surface area contributed by atoms with Crippen LogP contribution in [0.5, 0.6) is 0 Å². The lowest BCUT2D eigenvalue weighted by Gasteiger charge is -2.13. The van der Waals surface area contributed by atoms with E-state index < -0.39 is 0 Å². The van der Waals surface area contributed by atoms with E-state index in [0.717, 1.165) is 12.5 Å². The van der Waals surface area contributed by atoms with Gasteiger partial charge in [0.25, 0.3) is 0 Å². The first-order chi connectivity index (χ1) is 5.11. The number of hydrogen-bond donors (Lipinski definition) is 0. The van der Waals surface area contributed by atoms with Crippen LogP contribution in [-0.4, -0.2) is 23.1 Å². The standard InChI is InChI=1S/C9H16NO/c1-7(2)10-5-8(3)6-11-9(10)4/h5,7H,6H2,1-4H3/q+1. The van der Waals surface area contributed by atoms with Gasteiger partial charge in [-0.1, -0.05) is 0 Å². The Morgan fingerprint density at radius 3 is 2.55 bits per heavy atom. The minimum Gasteiger partial charge on any atom is -0.443 e. The molecule has 1 aliphatic heterocycles. The van der Waals surface area contributed by atoms with Crippen LogP contribution in [0.3, 0.4) is 0 Å². The van der Waals surface area contributed by atoms with Crippen LogP contribution in [0.2, 0.25) is 0 Å². The molecule has 0 saturated heterocycles. The molecule has 2 nitrogen and oxygen atoms in total. The predicted octanol–water partition coefficient (Wildman–Crippen LogP) is 1.76. The highest BCUT2D eigenvalue weighted by Crippen LogP contribution is 2.05. The summed E-state index contributed by atoms with van der Waals surface area (Å²) in [4.78, 5) is 0. The zero-order valence-electron chi connectivity index (χ0n) is 7.72. The van der Waals surface area contributed by atoms with Crippen molar-refractivity contribution in [2.24, 2.45) is 0 Å². The largest absolute Gasteiger partial charge is 0.443 e. The van der Waals surface area contributed by atoms with Gasteiger partial charge in [0.2, 0.25) is 0 Å². The summed E-state index contributed by atoms with van der Waals surface area (Å²) in [5, 5.41) is 0. The van der Waals surface area contributed by atoms with Gasteiger partial charge in [-0.05, 0) is 20.8 Å². The summed E-state index contributed by atoms with van der Waals surface area (Å²) < 4.78 is 7.59. The summed E-state index contributed by atoms with van der Waals surface area (Å²) >= 11 is 0. The average molecular weight is 154 g/mol. The molecule has 1 heterocycles. The van der Waals surface area contributed by atoms with E-state index in [0.29, 0.717) is 6.04 Å². The van der Waals surface area contributed by atoms with Crippen molar-refractivity contribution in [2.75, 3.05) is 6.61 Å². The minimum atomic E-state index is 0.491. The van der Waals surface area contributed by atoms with Gasteiger partial charge in [0.1, 0.15) is 6.61 Å². The van der Waals surface area contributed by atoms with Gasteiger partial charge in [-0.3, -0.25) is 0 Å². The molecule has 0 radical (unpaired) electrons. The highest BCUT2D eigenvalue weighted by molar-refractivity contribution is 5.68. The molecule has 0 bridgehead atoms. The third-order valence-corrected chi connectivity index (χ3v) is 1.79. The molecule has 0 spiro atoms. The first-order valence-corrected chi connectivity index (χ1v) is 4.03. The molecule has 0 aromatic carbocycles. The van der Waals surface area contributed by atoms with E-state index in [4.69, 9.17) is 4.74 Å². The second-order valence-corrected chi connectivity index (χ2v) is 3.28. The molecule has 0 aromatic rings. The maximum absolute atomic E-state index is 5.44. The fraction of sp³-hybridized carbons (Fsp3) is 0.667. The number of hydrogen-bond acceptors (Lipinski definition) is 1. The van der Waals surface area contributed by atoms with Crippen molar-refractivity contribution in [3.63, 3.8) is 0 Å². The van der Waals surface area contributed by atoms with E-state index in [1.54, 1.807) is 0 Å². The number of rotatable bonds is 1. The van der Waals surface area contributed by atoms with Crippen LogP contribution in [0.4, 0.5) is 0 Å². The molecule has 0 aromatic heterocycles. The lowest BCUT2D eigenvalue weighted by atomic mass is 10.3. The number of ether oxygens (including phenoxy) is 1. The van der Waals surface area contributed by atoms with E-state index in [-0.39, 0.29) is 0 Å². The SMILES string of the molecule is CC1=C[N+](C(C)C)=C(C)OC1. The van der Waals surface area contributed by atoms with Gasteiger partial charge in [-0.15, -0.1) is 0 Å². The molecule has 2 heteroatoms. The highest BCUT2D eigenvalue weighted by atomic mass is 16.5. The molecular weight excluding hydrogens is 138 g/mol. The fourth-order valence-electron chi connectivity index (χ4n) is 1.17. The van der Waals surface area contributed by atoms with Crippen molar-refractivity contribution in [3.05, 3.63) is 11.8 Å². The van der Waals surface area contributed by atoms with Crippen LogP contribution in [-0.2, 0) is 4.74 Å². The Morgan fingerprint density at radius 1 is 1.45 bits per heavy atom. The molecule has 0 atom stereocenters. The number of nitrogens with zero attached hydrogens (tertiary/aromatic N) is 1. The molecule has 0 amide bonds. The van der Waals surface area contributed by atoms with Gasteiger partial charge in [0.15, 0.2) is 12.2 Å². The summed E-state index contributed by atoms with van der Waals surface area (Å²) in [6.45, 7) is 9.14. The average Bonchev–Trinajstić information content (AvgIpc) is 1.94. The van der Waals surface area contributed by atoms with Crippen LogP contribution in [0.15, 0.2) is 11.8 Å². The molecule has 1 aliphatic rings. The summed E-state index contributed by atoms with van der Waals surface area (Å²) in [6.07, 6.45) is 2.16. The maximum atomic E-state index is 5.44. The van der Waals surface area contributed by atoms with Crippen molar-refractivity contribution in [3.8, 4) is 0 Å². The molecule has 1 rings (SSSR count). The smallest absolute Gasteiger partial charge is 0.338 e. The molecule has 0 N–H and O–H groups in total. The van der Waals surface area contributed by atoms with E-state index in [2.05, 4.69) is 31.5 Å². The zero-order valence-corrected chi connectivity index (χ0v) is 7.72. The molecule has 0 saturated carbocycles. The van der Waals surface area contributed by atoms with Gasteiger partial charge in [-0.2, -0.15) is 4.58 Å². The van der Waals surface area contributed by atoms with Crippen LogP contribution in [0.1, 0.15) is 27.7 Å². The summed E-state index contributed by atoms with van der Waals surface area (Å²) in [5.74, 6) is 1.01. The second kappa shape index (κ2) is 3.07. The third kappa shape index (κ3) is 1.82. The van der Waals surface area contributed by atoms with Crippen molar-refractivity contribution < 1.29 is 9.31 Å². The van der Waals surface area contributed by atoms with E-state index in [1.807, 2.05) is 6.92 Å². The van der Waals surface area contributed by atoms with Crippen molar-refractivity contribution in [1.82, 2.24) is 0 Å². The maximum Gasteiger partial charge on any atom is 0.338 e. The third-order valence-electron chi connectivity index (χ3n) is 1.79. The highest BCUT2D eigenvalue weighted by Gasteiger charge is 2.18. The Hall–Kier alpha value is -0.790. The van der Waals surface area contributed by atoms with Crippen molar-refractivity contribution >= 4 is 5.90 Å². The summed E-state index contributed by atoms with van der Waals surface area (Å²) in [6, 6.07) is 0.491. The van der Waals surface area contributed by atoms with Crippen molar-refractivity contribution in [1.29, 1.82) is 0 Å². The molecule has 11 heavy (non-hydrogen) atoms. The fourth-order valence-corrected chi connectivity index (χ4v) is 1.17. The molecule has 62 valence electrons. The molecule has 0 unspecified atom stereocenters. The molecule has 0 fully saturated rings. The Kier molecular flexibility index (Phi) is 2.32. The lowest BCUT2D eigenvalue weighted by molar-refractivity contribution is -0.505. The summed E-state index contributed by atoms with van der Waals surface area (Å²) in [7, 11) is 0. The van der Waals surface area contributed by atoms with Crippen molar-refractivity contribution in [2.45, 2.75) is 33.7 Å². The van der Waals surface area contributed by atoms with E-state index in [9.17, 15) is 0 Å². The molecular formula is C9H16NO+. The topological polar surface area (TPSA) is 12.2 Å². The van der Waals surface area contributed by atoms with Gasteiger partial charge >= 0.3 is 5.90 Å². The monoisotopic (exact) mass is 154 g/mol. The van der Waals surface area contributed by atoms with E-state index >= 15 is 0 Å². The Bertz CT molecular complexity index is 214. The molecule has 0 aliphatic carbocycles. The first-order valence-electron chi connectivity index (χ1n) is 4.03. The van der Waals surface area contributed by atoms with Crippen LogP contribution in [0, 0.1) is 0 Å². The lowest BCUT2D eigenvalue weighted by Crippen LogP contribution is -2.27. The van der Waals surface area contributed by atoms with E-state index in [1.165, 1.54) is 5.57 Å². The normalized spacial score (nSPS) is 18.5. The van der Waals surface area contributed by atoms with Gasteiger partial charge in [0, 0.05) is 5.57 Å². The van der Waals surface area contributed by atoms with Gasteiger partial charge in [-0.25, -0.2) is 0 Å². The Balaban J connectivity index is 2.89. The Morgan fingerprint density at radius 2 is 2.09 bits per heavy atom. The quantitative estimate of drug-likeness (QED) is 0.524. The van der Waals surface area contributed by atoms with Crippen LogP contribution in [0.25, 0.3) is 0 Å². The zero-order chi connectivity index (χ0) is 8.43. The van der Waals surface area contributed by atoms with Gasteiger partial charge < -0.3 is 4.74 Å². The van der Waals surface area contributed by atoms with Crippen LogP contribution >= 0.6 is 0 Å². The Labute approximate surface area is 68.2 Å².